The van der Waals surface area contributed by atoms with Crippen molar-refractivity contribution in [3.8, 4) is 11.8 Å². The van der Waals surface area contributed by atoms with Gasteiger partial charge in [-0.1, -0.05) is 12.1 Å². The molecule has 0 bridgehead atoms. The van der Waals surface area contributed by atoms with Gasteiger partial charge in [0.05, 0.1) is 7.11 Å². The molecule has 2 N–H and O–H groups in total. The Morgan fingerprint density at radius 1 is 1.57 bits per heavy atom. The van der Waals surface area contributed by atoms with Gasteiger partial charge >= 0.3 is 0 Å². The zero-order chi connectivity index (χ0) is 15.1. The highest BCUT2D eigenvalue weighted by molar-refractivity contribution is 6.01. The van der Waals surface area contributed by atoms with Gasteiger partial charge in [-0.3, -0.25) is 4.79 Å². The third kappa shape index (κ3) is 3.94. The molecule has 2 rings (SSSR count). The van der Waals surface area contributed by atoms with Crippen LogP contribution in [-0.2, 0) is 11.3 Å². The van der Waals surface area contributed by atoms with Crippen LogP contribution >= 0.6 is 0 Å². The van der Waals surface area contributed by atoms with Crippen molar-refractivity contribution in [1.82, 2.24) is 15.3 Å². The topological polar surface area (TPSA) is 90.8 Å². The van der Waals surface area contributed by atoms with Crippen molar-refractivity contribution in [3.63, 3.8) is 0 Å². The second-order valence-electron chi connectivity index (χ2n) is 4.18. The van der Waals surface area contributed by atoms with E-state index >= 15 is 0 Å². The molecule has 0 spiro atoms. The smallest absolute Gasteiger partial charge is 0.262 e. The molecule has 1 aromatic carbocycles. The fourth-order valence-corrected chi connectivity index (χ4v) is 1.70. The summed E-state index contributed by atoms with van der Waals surface area (Å²) in [6.07, 6.45) is 4.57. The van der Waals surface area contributed by atoms with Crippen molar-refractivity contribution < 1.29 is 9.53 Å². The van der Waals surface area contributed by atoms with Gasteiger partial charge in [0.25, 0.3) is 5.91 Å². The van der Waals surface area contributed by atoms with E-state index in [0.29, 0.717) is 18.1 Å². The van der Waals surface area contributed by atoms with Crippen LogP contribution < -0.4 is 10.1 Å². The molecule has 0 fully saturated rings. The molecular weight excluding hydrogens is 268 g/mol. The molecule has 0 saturated carbocycles. The first-order valence-electron chi connectivity index (χ1n) is 6.25. The lowest BCUT2D eigenvalue weighted by Gasteiger charge is -2.06. The molecule has 6 nitrogen and oxygen atoms in total. The number of H-pyrrole nitrogens is 1. The van der Waals surface area contributed by atoms with Gasteiger partial charge in [0, 0.05) is 25.0 Å². The molecule has 1 amide bonds. The van der Waals surface area contributed by atoms with E-state index in [1.54, 1.807) is 19.5 Å². The summed E-state index contributed by atoms with van der Waals surface area (Å²) in [5, 5.41) is 11.7. The summed E-state index contributed by atoms with van der Waals surface area (Å²) >= 11 is 0. The minimum absolute atomic E-state index is 0.00662. The summed E-state index contributed by atoms with van der Waals surface area (Å²) in [4.78, 5) is 18.7. The van der Waals surface area contributed by atoms with Crippen LogP contribution in [-0.4, -0.2) is 23.0 Å². The molecule has 0 atom stereocenters. The Morgan fingerprint density at radius 3 is 3.10 bits per heavy atom. The number of carbonyl (C=O) groups is 1. The van der Waals surface area contributed by atoms with E-state index in [2.05, 4.69) is 15.3 Å². The van der Waals surface area contributed by atoms with E-state index in [0.717, 1.165) is 5.56 Å². The van der Waals surface area contributed by atoms with Crippen molar-refractivity contribution in [1.29, 1.82) is 5.26 Å². The Balaban J connectivity index is 2.02. The number of methoxy groups -OCH3 is 1. The molecule has 1 heterocycles. The molecule has 21 heavy (non-hydrogen) atoms. The summed E-state index contributed by atoms with van der Waals surface area (Å²) in [5.74, 6) is 0.730. The van der Waals surface area contributed by atoms with E-state index in [1.807, 2.05) is 30.3 Å². The SMILES string of the molecule is COc1cccc(CNC(=O)C(C#N)=Cc2ncc[nH]2)c1. The monoisotopic (exact) mass is 282 g/mol. The number of hydrogen-bond acceptors (Lipinski definition) is 4. The van der Waals surface area contributed by atoms with Crippen molar-refractivity contribution in [2.75, 3.05) is 7.11 Å². The van der Waals surface area contributed by atoms with Gasteiger partial charge < -0.3 is 15.0 Å². The molecule has 0 unspecified atom stereocenters. The maximum atomic E-state index is 12.0. The van der Waals surface area contributed by atoms with Crippen LogP contribution in [0.3, 0.4) is 0 Å². The molecule has 6 heteroatoms. The summed E-state index contributed by atoms with van der Waals surface area (Å²) in [6.45, 7) is 0.313. The third-order valence-corrected chi connectivity index (χ3v) is 2.75. The highest BCUT2D eigenvalue weighted by Crippen LogP contribution is 2.12. The largest absolute Gasteiger partial charge is 0.497 e. The van der Waals surface area contributed by atoms with E-state index in [1.165, 1.54) is 6.08 Å². The second-order valence-corrected chi connectivity index (χ2v) is 4.18. The Bertz CT molecular complexity index is 684. The number of carbonyl (C=O) groups excluding carboxylic acids is 1. The number of aromatic nitrogens is 2. The average Bonchev–Trinajstić information content (AvgIpc) is 3.03. The predicted molar refractivity (Wildman–Crippen MR) is 77.0 cm³/mol. The normalized spacial score (nSPS) is 10.8. The summed E-state index contributed by atoms with van der Waals surface area (Å²) < 4.78 is 5.11. The zero-order valence-corrected chi connectivity index (χ0v) is 11.5. The summed E-state index contributed by atoms with van der Waals surface area (Å²) in [6, 6.07) is 9.21. The molecule has 0 aliphatic rings. The Morgan fingerprint density at radius 2 is 2.43 bits per heavy atom. The number of aromatic amines is 1. The van der Waals surface area contributed by atoms with Crippen LogP contribution in [0, 0.1) is 11.3 Å². The molecular formula is C15H14N4O2. The molecule has 2 aromatic rings. The minimum Gasteiger partial charge on any atom is -0.497 e. The summed E-state index contributed by atoms with van der Waals surface area (Å²) in [7, 11) is 1.58. The van der Waals surface area contributed by atoms with Crippen molar-refractivity contribution in [2.45, 2.75) is 6.54 Å². The number of benzene rings is 1. The van der Waals surface area contributed by atoms with E-state index in [9.17, 15) is 4.79 Å². The zero-order valence-electron chi connectivity index (χ0n) is 11.5. The van der Waals surface area contributed by atoms with Gasteiger partial charge in [0.15, 0.2) is 0 Å². The molecule has 0 aliphatic heterocycles. The number of hydrogen-bond donors (Lipinski definition) is 2. The van der Waals surface area contributed by atoms with Crippen LogP contribution in [0.1, 0.15) is 11.4 Å². The number of nitrogens with zero attached hydrogens (tertiary/aromatic N) is 2. The van der Waals surface area contributed by atoms with Gasteiger partial charge in [0.1, 0.15) is 23.2 Å². The van der Waals surface area contributed by atoms with Crippen molar-refractivity contribution >= 4 is 12.0 Å². The fourth-order valence-electron chi connectivity index (χ4n) is 1.70. The van der Waals surface area contributed by atoms with E-state index in [4.69, 9.17) is 10.00 Å². The Labute approximate surface area is 122 Å². The van der Waals surface area contributed by atoms with Gasteiger partial charge in [-0.25, -0.2) is 4.98 Å². The Hall–Kier alpha value is -3.07. The molecule has 1 aromatic heterocycles. The summed E-state index contributed by atoms with van der Waals surface area (Å²) in [5.41, 5.74) is 0.880. The van der Waals surface area contributed by atoms with E-state index < -0.39 is 5.91 Å². The lowest BCUT2D eigenvalue weighted by Crippen LogP contribution is -2.24. The van der Waals surface area contributed by atoms with Crippen LogP contribution in [0.25, 0.3) is 6.08 Å². The number of imidazole rings is 1. The Kier molecular flexibility index (Phi) is 4.72. The lowest BCUT2D eigenvalue weighted by molar-refractivity contribution is -0.117. The average molecular weight is 282 g/mol. The van der Waals surface area contributed by atoms with Gasteiger partial charge in [-0.05, 0) is 17.7 Å². The van der Waals surface area contributed by atoms with Gasteiger partial charge in [0.2, 0.25) is 0 Å². The predicted octanol–water partition coefficient (Wildman–Crippen LogP) is 1.64. The number of nitrogens with one attached hydrogen (secondary N) is 2. The van der Waals surface area contributed by atoms with Crippen LogP contribution in [0.4, 0.5) is 0 Å². The van der Waals surface area contributed by atoms with Crippen molar-refractivity contribution in [2.24, 2.45) is 0 Å². The standard InChI is InChI=1S/C15H14N4O2/c1-21-13-4-2-3-11(7-13)10-19-15(20)12(9-16)8-14-17-5-6-18-14/h2-8H,10H2,1H3,(H,17,18)(H,19,20). The van der Waals surface area contributed by atoms with Crippen LogP contribution in [0.2, 0.25) is 0 Å². The quantitative estimate of drug-likeness (QED) is 0.644. The first-order chi connectivity index (χ1) is 10.2. The molecule has 106 valence electrons. The van der Waals surface area contributed by atoms with Gasteiger partial charge in [-0.15, -0.1) is 0 Å². The van der Waals surface area contributed by atoms with Crippen LogP contribution in [0.15, 0.2) is 42.2 Å². The molecule has 0 aliphatic carbocycles. The molecule has 0 radical (unpaired) electrons. The minimum atomic E-state index is -0.447. The number of amides is 1. The lowest BCUT2D eigenvalue weighted by atomic mass is 10.2. The third-order valence-electron chi connectivity index (χ3n) is 2.75. The van der Waals surface area contributed by atoms with Crippen LogP contribution in [0.5, 0.6) is 5.75 Å². The number of nitriles is 1. The first-order valence-corrected chi connectivity index (χ1v) is 6.25. The highest BCUT2D eigenvalue weighted by atomic mass is 16.5. The maximum Gasteiger partial charge on any atom is 0.262 e. The van der Waals surface area contributed by atoms with Crippen molar-refractivity contribution in [3.05, 3.63) is 53.6 Å². The number of ether oxygens (including phenoxy) is 1. The fraction of sp³-hybridized carbons (Fsp3) is 0.133. The second kappa shape index (κ2) is 6.91. The molecule has 0 saturated heterocycles. The van der Waals surface area contributed by atoms with Gasteiger partial charge in [-0.2, -0.15) is 5.26 Å². The highest BCUT2D eigenvalue weighted by Gasteiger charge is 2.09. The maximum absolute atomic E-state index is 12.0. The number of rotatable bonds is 5. The van der Waals surface area contributed by atoms with E-state index in [-0.39, 0.29) is 5.57 Å². The first kappa shape index (κ1) is 14.3.